The first-order valence-electron chi connectivity index (χ1n) is 7.66. The van der Waals surface area contributed by atoms with Crippen LogP contribution >= 0.6 is 0 Å². The molecule has 0 saturated heterocycles. The van der Waals surface area contributed by atoms with E-state index in [-0.39, 0.29) is 0 Å². The van der Waals surface area contributed by atoms with Gasteiger partial charge in [-0.25, -0.2) is 0 Å². The molecule has 0 aliphatic carbocycles. The van der Waals surface area contributed by atoms with Gasteiger partial charge in [0.15, 0.2) is 0 Å². The minimum Gasteiger partial charge on any atom is -0.380 e. The second kappa shape index (κ2) is 10.6. The highest BCUT2D eigenvalue weighted by molar-refractivity contribution is 6.83. The summed E-state index contributed by atoms with van der Waals surface area (Å²) >= 11 is 0. The molecule has 1 atom stereocenters. The van der Waals surface area contributed by atoms with Gasteiger partial charge in [-0.3, -0.25) is 0 Å². The average molecular weight is 269 g/mol. The number of hydrogen-bond acceptors (Lipinski definition) is 1. The first kappa shape index (κ1) is 17.7. The van der Waals surface area contributed by atoms with E-state index in [0.29, 0.717) is 0 Å². The molecule has 1 N–H and O–H groups in total. The molecule has 0 unspecified atom stereocenters. The zero-order valence-electron chi connectivity index (χ0n) is 12.9. The molecule has 0 aliphatic heterocycles. The van der Waals surface area contributed by atoms with Crippen LogP contribution in [0.2, 0.25) is 19.6 Å². The van der Waals surface area contributed by atoms with Crippen LogP contribution in [0.5, 0.6) is 0 Å². The summed E-state index contributed by atoms with van der Waals surface area (Å²) in [7, 11) is -1.31. The Hall–Kier alpha value is -0.263. The molecule has 0 aromatic carbocycles. The molecule has 18 heavy (non-hydrogen) atoms. The monoisotopic (exact) mass is 268 g/mol. The van der Waals surface area contributed by atoms with Crippen molar-refractivity contribution < 1.29 is 5.11 Å². The minimum atomic E-state index is -1.31. The molecule has 0 aliphatic rings. The fourth-order valence-electron chi connectivity index (χ4n) is 1.84. The molecule has 0 fully saturated rings. The molecule has 106 valence electrons. The van der Waals surface area contributed by atoms with Gasteiger partial charge in [0.2, 0.25) is 0 Å². The fraction of sp³-hybridized carbons (Fsp3) is 0.875. The number of aliphatic hydroxyl groups is 1. The third kappa shape index (κ3) is 13.8. The third-order valence-corrected chi connectivity index (χ3v) is 3.84. The number of unbranched alkanes of at least 4 members (excludes halogenated alkanes) is 7. The van der Waals surface area contributed by atoms with Crippen LogP contribution in [0.3, 0.4) is 0 Å². The molecular formula is C16H32OSi. The van der Waals surface area contributed by atoms with Crippen molar-refractivity contribution in [3.05, 3.63) is 0 Å². The van der Waals surface area contributed by atoms with E-state index in [1.165, 1.54) is 44.9 Å². The Bertz CT molecular complexity index is 244. The van der Waals surface area contributed by atoms with Crippen LogP contribution in [0.15, 0.2) is 0 Å². The standard InChI is InChI=1S/C16H32OSi/c1-5-6-7-8-9-10-11-12-13-16(17)14-15-18(2,3)4/h16-17H,5-13H2,1-4H3/t16-/m1/s1. The van der Waals surface area contributed by atoms with E-state index in [0.717, 1.165) is 12.8 Å². The van der Waals surface area contributed by atoms with Gasteiger partial charge in [-0.05, 0) is 12.8 Å². The normalized spacial score (nSPS) is 12.9. The van der Waals surface area contributed by atoms with Crippen molar-refractivity contribution in [2.45, 2.75) is 90.5 Å². The Morgan fingerprint density at radius 1 is 0.889 bits per heavy atom. The summed E-state index contributed by atoms with van der Waals surface area (Å²) in [5, 5.41) is 9.73. The maximum Gasteiger partial charge on any atom is 0.129 e. The number of hydrogen-bond donors (Lipinski definition) is 1. The van der Waals surface area contributed by atoms with Crippen molar-refractivity contribution in [3.63, 3.8) is 0 Å². The maximum absolute atomic E-state index is 9.73. The van der Waals surface area contributed by atoms with Crippen molar-refractivity contribution in [2.24, 2.45) is 0 Å². The van der Waals surface area contributed by atoms with E-state index < -0.39 is 14.2 Å². The first-order valence-corrected chi connectivity index (χ1v) is 11.2. The Morgan fingerprint density at radius 3 is 1.89 bits per heavy atom. The van der Waals surface area contributed by atoms with Gasteiger partial charge in [-0.2, -0.15) is 0 Å². The van der Waals surface area contributed by atoms with E-state index in [1.807, 2.05) is 0 Å². The van der Waals surface area contributed by atoms with Crippen molar-refractivity contribution >= 4 is 8.07 Å². The van der Waals surface area contributed by atoms with E-state index >= 15 is 0 Å². The topological polar surface area (TPSA) is 20.2 Å². The molecule has 0 saturated carbocycles. The highest BCUT2D eigenvalue weighted by Crippen LogP contribution is 2.10. The summed E-state index contributed by atoms with van der Waals surface area (Å²) in [4.78, 5) is 0. The first-order chi connectivity index (χ1) is 8.45. The molecule has 0 aromatic rings. The second-order valence-electron chi connectivity index (χ2n) is 6.30. The molecule has 0 bridgehead atoms. The lowest BCUT2D eigenvalue weighted by Crippen LogP contribution is -2.17. The van der Waals surface area contributed by atoms with Crippen molar-refractivity contribution in [1.29, 1.82) is 0 Å². The number of rotatable bonds is 9. The highest BCUT2D eigenvalue weighted by Gasteiger charge is 2.08. The Balaban J connectivity index is 3.40. The molecular weight excluding hydrogens is 236 g/mol. The van der Waals surface area contributed by atoms with Crippen LogP contribution in [-0.2, 0) is 0 Å². The predicted molar refractivity (Wildman–Crippen MR) is 84.4 cm³/mol. The molecule has 0 heterocycles. The Morgan fingerprint density at radius 2 is 1.39 bits per heavy atom. The smallest absolute Gasteiger partial charge is 0.129 e. The molecule has 0 aromatic heterocycles. The van der Waals surface area contributed by atoms with Gasteiger partial charge in [0.25, 0.3) is 0 Å². The van der Waals surface area contributed by atoms with Crippen LogP contribution < -0.4 is 0 Å². The van der Waals surface area contributed by atoms with Crippen LogP contribution in [0.1, 0.15) is 64.7 Å². The minimum absolute atomic E-state index is 0.392. The summed E-state index contributed by atoms with van der Waals surface area (Å²) in [5.41, 5.74) is 3.24. The summed E-state index contributed by atoms with van der Waals surface area (Å²) in [6.07, 6.45) is 11.0. The summed E-state index contributed by atoms with van der Waals surface area (Å²) in [5.74, 6) is 3.01. The van der Waals surface area contributed by atoms with Crippen LogP contribution in [-0.4, -0.2) is 19.3 Å². The van der Waals surface area contributed by atoms with Gasteiger partial charge in [0.05, 0.1) is 0 Å². The molecule has 0 amide bonds. The van der Waals surface area contributed by atoms with E-state index in [4.69, 9.17) is 0 Å². The number of aliphatic hydroxyl groups excluding tert-OH is 1. The van der Waals surface area contributed by atoms with E-state index in [2.05, 4.69) is 38.0 Å². The van der Waals surface area contributed by atoms with Gasteiger partial charge in [-0.1, -0.05) is 77.4 Å². The Kier molecular flexibility index (Phi) is 10.5. The van der Waals surface area contributed by atoms with Crippen molar-refractivity contribution in [3.8, 4) is 11.5 Å². The van der Waals surface area contributed by atoms with Gasteiger partial charge in [0.1, 0.15) is 14.2 Å². The van der Waals surface area contributed by atoms with Crippen LogP contribution in [0.25, 0.3) is 0 Å². The summed E-state index contributed by atoms with van der Waals surface area (Å²) in [6.45, 7) is 8.89. The lowest BCUT2D eigenvalue weighted by atomic mass is 10.1. The quantitative estimate of drug-likeness (QED) is 0.363. The maximum atomic E-state index is 9.73. The van der Waals surface area contributed by atoms with Gasteiger partial charge in [-0.15, -0.1) is 5.54 Å². The Labute approximate surface area is 115 Å². The lowest BCUT2D eigenvalue weighted by Gasteiger charge is -2.07. The van der Waals surface area contributed by atoms with Crippen molar-refractivity contribution in [1.82, 2.24) is 0 Å². The summed E-state index contributed by atoms with van der Waals surface area (Å²) < 4.78 is 0. The zero-order valence-corrected chi connectivity index (χ0v) is 13.9. The van der Waals surface area contributed by atoms with Gasteiger partial charge in [0, 0.05) is 0 Å². The molecule has 1 nitrogen and oxygen atoms in total. The van der Waals surface area contributed by atoms with Crippen molar-refractivity contribution in [2.75, 3.05) is 0 Å². The van der Waals surface area contributed by atoms with Gasteiger partial charge < -0.3 is 5.11 Å². The summed E-state index contributed by atoms with van der Waals surface area (Å²) in [6, 6.07) is 0. The van der Waals surface area contributed by atoms with E-state index in [9.17, 15) is 5.11 Å². The van der Waals surface area contributed by atoms with E-state index in [1.54, 1.807) is 0 Å². The predicted octanol–water partition coefficient (Wildman–Crippen LogP) is 4.76. The third-order valence-electron chi connectivity index (χ3n) is 2.94. The van der Waals surface area contributed by atoms with Gasteiger partial charge >= 0.3 is 0 Å². The molecule has 0 spiro atoms. The largest absolute Gasteiger partial charge is 0.380 e. The molecule has 0 rings (SSSR count). The average Bonchev–Trinajstić information content (AvgIpc) is 2.29. The van der Waals surface area contributed by atoms with Crippen LogP contribution in [0, 0.1) is 11.5 Å². The fourth-order valence-corrected chi connectivity index (χ4v) is 2.44. The second-order valence-corrected chi connectivity index (χ2v) is 11.0. The SMILES string of the molecule is CCCCCCCCCC[C@@H](O)C#C[Si](C)(C)C. The highest BCUT2D eigenvalue weighted by atomic mass is 28.3. The van der Waals surface area contributed by atoms with Crippen LogP contribution in [0.4, 0.5) is 0 Å². The molecule has 0 radical (unpaired) electrons. The lowest BCUT2D eigenvalue weighted by molar-refractivity contribution is 0.217. The molecule has 2 heteroatoms. The zero-order chi connectivity index (χ0) is 13.9.